The lowest BCUT2D eigenvalue weighted by molar-refractivity contribution is -0.595. The first-order valence-corrected chi connectivity index (χ1v) is 6.22. The second-order valence-electron chi connectivity index (χ2n) is 5.28. The van der Waals surface area contributed by atoms with Crippen molar-refractivity contribution < 1.29 is 33.6 Å². The van der Waals surface area contributed by atoms with Crippen molar-refractivity contribution >= 4 is 12.1 Å². The summed E-state index contributed by atoms with van der Waals surface area (Å²) in [5.41, 5.74) is -0.473. The van der Waals surface area contributed by atoms with Crippen LogP contribution in [0.3, 0.4) is 0 Å². The lowest BCUT2D eigenvalue weighted by atomic mass is 10.1. The lowest BCUT2D eigenvalue weighted by Crippen LogP contribution is -2.59. The van der Waals surface area contributed by atoms with E-state index in [0.29, 0.717) is 6.42 Å². The Morgan fingerprint density at radius 1 is 1.40 bits per heavy atom. The van der Waals surface area contributed by atoms with Gasteiger partial charge in [-0.2, -0.15) is 9.78 Å². The predicted octanol–water partition coefficient (Wildman–Crippen LogP) is 2.45. The molecule has 0 spiro atoms. The van der Waals surface area contributed by atoms with Gasteiger partial charge >= 0.3 is 24.2 Å². The fourth-order valence-electron chi connectivity index (χ4n) is 1.10. The minimum Gasteiger partial charge on any atom is -0.428 e. The van der Waals surface area contributed by atoms with Crippen molar-refractivity contribution in [2.24, 2.45) is 0 Å². The molecule has 0 aromatic heterocycles. The van der Waals surface area contributed by atoms with E-state index >= 15 is 0 Å². The first kappa shape index (κ1) is 16.5. The second-order valence-corrected chi connectivity index (χ2v) is 5.28. The van der Waals surface area contributed by atoms with Crippen LogP contribution in [0.1, 0.15) is 41.0 Å². The molecule has 1 fully saturated rings. The molecule has 0 amide bonds. The summed E-state index contributed by atoms with van der Waals surface area (Å²) in [6.45, 7) is 11.7. The molecule has 7 heteroatoms. The van der Waals surface area contributed by atoms with E-state index in [0.717, 1.165) is 0 Å². The van der Waals surface area contributed by atoms with Crippen molar-refractivity contribution in [3.05, 3.63) is 12.2 Å². The highest BCUT2D eigenvalue weighted by atomic mass is 17.3. The highest BCUT2D eigenvalue weighted by molar-refractivity contribution is 5.87. The molecule has 1 aliphatic heterocycles. The van der Waals surface area contributed by atoms with Gasteiger partial charge in [-0.25, -0.2) is 9.59 Å². The van der Waals surface area contributed by atoms with Crippen LogP contribution in [0, 0.1) is 0 Å². The van der Waals surface area contributed by atoms with Crippen molar-refractivity contribution in [3.63, 3.8) is 0 Å². The van der Waals surface area contributed by atoms with E-state index in [1.165, 1.54) is 13.8 Å². The highest BCUT2D eigenvalue weighted by Gasteiger charge is 2.55. The average molecular weight is 288 g/mol. The van der Waals surface area contributed by atoms with E-state index in [-0.39, 0.29) is 5.57 Å². The lowest BCUT2D eigenvalue weighted by Gasteiger charge is -2.41. The molecular formula is C13H20O7. The molecular weight excluding hydrogens is 268 g/mol. The van der Waals surface area contributed by atoms with Gasteiger partial charge in [0.05, 0.1) is 0 Å². The minimum absolute atomic E-state index is 0.192. The summed E-state index contributed by atoms with van der Waals surface area (Å²) < 4.78 is 15.0. The summed E-state index contributed by atoms with van der Waals surface area (Å²) in [5.74, 6) is -2.21. The third-order valence-corrected chi connectivity index (χ3v) is 2.79. The van der Waals surface area contributed by atoms with Crippen LogP contribution in [0.25, 0.3) is 0 Å². The summed E-state index contributed by atoms with van der Waals surface area (Å²) in [6.07, 6.45) is -1.48. The van der Waals surface area contributed by atoms with E-state index in [9.17, 15) is 9.59 Å². The molecule has 2 atom stereocenters. The van der Waals surface area contributed by atoms with Crippen LogP contribution in [0.5, 0.6) is 0 Å². The number of rotatable bonds is 5. The van der Waals surface area contributed by atoms with Gasteiger partial charge in [0.25, 0.3) is 0 Å². The molecule has 1 rings (SSSR count). The van der Waals surface area contributed by atoms with Crippen LogP contribution < -0.4 is 0 Å². The molecule has 1 aliphatic rings. The first-order valence-electron chi connectivity index (χ1n) is 6.22. The maximum Gasteiger partial charge on any atom is 0.511 e. The first-order chi connectivity index (χ1) is 9.09. The van der Waals surface area contributed by atoms with Gasteiger partial charge < -0.3 is 14.2 Å². The Kier molecular flexibility index (Phi) is 4.77. The molecule has 0 radical (unpaired) electrons. The summed E-state index contributed by atoms with van der Waals surface area (Å²) in [6, 6.07) is 0. The number of carbonyl (C=O) groups excluding carboxylic acids is 2. The van der Waals surface area contributed by atoms with Crippen LogP contribution >= 0.6 is 0 Å². The normalized spacial score (nSPS) is 25.4. The minimum atomic E-state index is -1.54. The largest absolute Gasteiger partial charge is 0.511 e. The zero-order valence-electron chi connectivity index (χ0n) is 12.3. The SMILES string of the molecule is C=C(C)C(=O)OC1OOC1(C)OC(=O)OC(C)(C)CC. The van der Waals surface area contributed by atoms with Crippen molar-refractivity contribution in [2.75, 3.05) is 0 Å². The maximum absolute atomic E-state index is 11.7. The van der Waals surface area contributed by atoms with Gasteiger partial charge in [0.1, 0.15) is 5.60 Å². The molecule has 0 saturated carbocycles. The molecule has 0 aliphatic carbocycles. The molecule has 20 heavy (non-hydrogen) atoms. The van der Waals surface area contributed by atoms with Crippen LogP contribution in [0.4, 0.5) is 4.79 Å². The fourth-order valence-corrected chi connectivity index (χ4v) is 1.10. The van der Waals surface area contributed by atoms with E-state index < -0.39 is 29.8 Å². The van der Waals surface area contributed by atoms with E-state index in [4.69, 9.17) is 19.1 Å². The number of carbonyl (C=O) groups is 2. The van der Waals surface area contributed by atoms with Gasteiger partial charge in [-0.15, -0.1) is 0 Å². The topological polar surface area (TPSA) is 80.3 Å². The van der Waals surface area contributed by atoms with Crippen LogP contribution in [-0.4, -0.2) is 29.8 Å². The molecule has 1 heterocycles. The van der Waals surface area contributed by atoms with Gasteiger partial charge in [0, 0.05) is 12.5 Å². The van der Waals surface area contributed by atoms with Crippen molar-refractivity contribution in [2.45, 2.75) is 58.7 Å². The maximum atomic E-state index is 11.7. The fraction of sp³-hybridized carbons (Fsp3) is 0.692. The molecule has 0 aromatic rings. The second kappa shape index (κ2) is 5.80. The quantitative estimate of drug-likeness (QED) is 0.436. The molecule has 1 saturated heterocycles. The zero-order valence-corrected chi connectivity index (χ0v) is 12.3. The van der Waals surface area contributed by atoms with Crippen LogP contribution in [-0.2, 0) is 28.8 Å². The van der Waals surface area contributed by atoms with Crippen molar-refractivity contribution in [1.82, 2.24) is 0 Å². The molecule has 7 nitrogen and oxygen atoms in total. The molecule has 114 valence electrons. The number of hydrogen-bond donors (Lipinski definition) is 0. The molecule has 0 N–H and O–H groups in total. The van der Waals surface area contributed by atoms with Crippen LogP contribution in [0.2, 0.25) is 0 Å². The zero-order chi connectivity index (χ0) is 15.6. The monoisotopic (exact) mass is 288 g/mol. The Bertz CT molecular complexity index is 415. The van der Waals surface area contributed by atoms with E-state index in [2.05, 4.69) is 11.5 Å². The Labute approximate surface area is 117 Å². The highest BCUT2D eigenvalue weighted by Crippen LogP contribution is 2.33. The number of esters is 1. The Balaban J connectivity index is 2.56. The van der Waals surface area contributed by atoms with Crippen molar-refractivity contribution in [1.29, 1.82) is 0 Å². The summed E-state index contributed by atoms with van der Waals surface area (Å²) in [4.78, 5) is 32.3. The van der Waals surface area contributed by atoms with Gasteiger partial charge in [-0.1, -0.05) is 13.5 Å². The molecule has 0 aromatic carbocycles. The summed E-state index contributed by atoms with van der Waals surface area (Å²) >= 11 is 0. The predicted molar refractivity (Wildman–Crippen MR) is 67.2 cm³/mol. The smallest absolute Gasteiger partial charge is 0.428 e. The third-order valence-electron chi connectivity index (χ3n) is 2.79. The Hall–Kier alpha value is -1.60. The Morgan fingerprint density at radius 3 is 2.40 bits per heavy atom. The standard InChI is InChI=1S/C13H20O7/c1-7-12(4,5)17-11(15)18-13(6)10(19-20-13)16-9(14)8(2)3/h10H,2,7H2,1,3-6H3. The Morgan fingerprint density at radius 2 is 2.00 bits per heavy atom. The molecule has 0 bridgehead atoms. The summed E-state index contributed by atoms with van der Waals surface area (Å²) in [7, 11) is 0. The van der Waals surface area contributed by atoms with Crippen LogP contribution in [0.15, 0.2) is 12.2 Å². The van der Waals surface area contributed by atoms with Gasteiger partial charge in [-0.3, -0.25) is 0 Å². The van der Waals surface area contributed by atoms with Gasteiger partial charge in [0.2, 0.25) is 0 Å². The van der Waals surface area contributed by atoms with Crippen molar-refractivity contribution in [3.8, 4) is 0 Å². The van der Waals surface area contributed by atoms with Gasteiger partial charge in [-0.05, 0) is 27.2 Å². The van der Waals surface area contributed by atoms with E-state index in [1.807, 2.05) is 6.92 Å². The number of hydrogen-bond acceptors (Lipinski definition) is 7. The summed E-state index contributed by atoms with van der Waals surface area (Å²) in [5, 5.41) is 0. The average Bonchev–Trinajstić information content (AvgIpc) is 2.33. The third kappa shape index (κ3) is 3.94. The van der Waals surface area contributed by atoms with Gasteiger partial charge in [0.15, 0.2) is 0 Å². The molecule has 2 unspecified atom stereocenters. The van der Waals surface area contributed by atoms with E-state index in [1.54, 1.807) is 13.8 Å². The number of ether oxygens (including phenoxy) is 3.